The fourth-order valence-corrected chi connectivity index (χ4v) is 3.19. The maximum absolute atomic E-state index is 6.27. The summed E-state index contributed by atoms with van der Waals surface area (Å²) in [6.07, 6.45) is 4.99. The molecule has 0 radical (unpaired) electrons. The van der Waals surface area contributed by atoms with Crippen molar-refractivity contribution in [3.8, 4) is 11.3 Å². The molecule has 0 aliphatic heterocycles. The summed E-state index contributed by atoms with van der Waals surface area (Å²) < 4.78 is 0. The van der Waals surface area contributed by atoms with Crippen LogP contribution in [0, 0.1) is 6.92 Å². The van der Waals surface area contributed by atoms with Gasteiger partial charge < -0.3 is 10.6 Å². The summed E-state index contributed by atoms with van der Waals surface area (Å²) >= 11 is 6.27. The van der Waals surface area contributed by atoms with Crippen LogP contribution in [-0.2, 0) is 0 Å². The maximum Gasteiger partial charge on any atom is 0.139 e. The molecule has 0 spiro atoms. The molecule has 0 aliphatic rings. The Hall–Kier alpha value is -3.25. The van der Waals surface area contributed by atoms with Crippen molar-refractivity contribution in [2.75, 3.05) is 17.7 Å². The van der Waals surface area contributed by atoms with Crippen LogP contribution in [0.5, 0.6) is 0 Å². The normalized spacial score (nSPS) is 10.8. The fraction of sp³-hybridized carbons (Fsp3) is 0.100. The number of aromatic nitrogens is 4. The molecule has 4 rings (SSSR count). The average Bonchev–Trinajstić information content (AvgIpc) is 2.71. The Morgan fingerprint density at radius 3 is 2.67 bits per heavy atom. The summed E-state index contributed by atoms with van der Waals surface area (Å²) in [5.74, 6) is 1.45. The summed E-state index contributed by atoms with van der Waals surface area (Å²) in [5, 5.41) is 8.86. The van der Waals surface area contributed by atoms with Gasteiger partial charge in [-0.25, -0.2) is 19.9 Å². The maximum atomic E-state index is 6.27. The monoisotopic (exact) mass is 376 g/mol. The number of nitrogens with zero attached hydrogens (tertiary/aromatic N) is 4. The number of hydrogen-bond donors (Lipinski definition) is 2. The van der Waals surface area contributed by atoms with Gasteiger partial charge in [-0.3, -0.25) is 0 Å². The van der Waals surface area contributed by atoms with E-state index in [9.17, 15) is 0 Å². The van der Waals surface area contributed by atoms with Crippen molar-refractivity contribution in [1.29, 1.82) is 0 Å². The zero-order valence-electron chi connectivity index (χ0n) is 14.9. The van der Waals surface area contributed by atoms with Crippen LogP contribution in [0.3, 0.4) is 0 Å². The second-order valence-corrected chi connectivity index (χ2v) is 6.38. The Bertz CT molecular complexity index is 1130. The van der Waals surface area contributed by atoms with Crippen LogP contribution >= 0.6 is 11.6 Å². The highest BCUT2D eigenvalue weighted by Crippen LogP contribution is 2.34. The van der Waals surface area contributed by atoms with Gasteiger partial charge in [-0.05, 0) is 30.7 Å². The third kappa shape index (κ3) is 3.27. The number of hydrogen-bond acceptors (Lipinski definition) is 6. The molecule has 0 fully saturated rings. The van der Waals surface area contributed by atoms with E-state index in [1.807, 2.05) is 50.4 Å². The van der Waals surface area contributed by atoms with Gasteiger partial charge in [0, 0.05) is 41.8 Å². The molecule has 0 atom stereocenters. The van der Waals surface area contributed by atoms with Gasteiger partial charge in [-0.1, -0.05) is 23.7 Å². The molecule has 0 unspecified atom stereocenters. The predicted molar refractivity (Wildman–Crippen MR) is 110 cm³/mol. The van der Waals surface area contributed by atoms with Crippen molar-refractivity contribution >= 4 is 39.7 Å². The van der Waals surface area contributed by atoms with E-state index in [0.29, 0.717) is 11.0 Å². The Labute approximate surface area is 161 Å². The number of fused-ring (bicyclic) bond motifs is 1. The zero-order valence-corrected chi connectivity index (χ0v) is 15.6. The topological polar surface area (TPSA) is 75.6 Å². The molecule has 3 heterocycles. The van der Waals surface area contributed by atoms with Gasteiger partial charge in [0.15, 0.2) is 0 Å². The van der Waals surface area contributed by atoms with E-state index in [4.69, 9.17) is 11.6 Å². The van der Waals surface area contributed by atoms with Crippen molar-refractivity contribution in [2.45, 2.75) is 6.92 Å². The van der Waals surface area contributed by atoms with Crippen LogP contribution < -0.4 is 10.6 Å². The Kier molecular flexibility index (Phi) is 4.56. The van der Waals surface area contributed by atoms with Gasteiger partial charge >= 0.3 is 0 Å². The minimum absolute atomic E-state index is 0.478. The highest BCUT2D eigenvalue weighted by molar-refractivity contribution is 6.34. The van der Waals surface area contributed by atoms with Gasteiger partial charge in [0.25, 0.3) is 0 Å². The second-order valence-electron chi connectivity index (χ2n) is 6.02. The molecule has 7 heteroatoms. The van der Waals surface area contributed by atoms with E-state index >= 15 is 0 Å². The van der Waals surface area contributed by atoms with Crippen LogP contribution in [0.4, 0.5) is 17.3 Å². The number of rotatable bonds is 4. The molecular formula is C20H17ClN6. The summed E-state index contributed by atoms with van der Waals surface area (Å²) in [5.41, 5.74) is 3.69. The van der Waals surface area contributed by atoms with E-state index in [0.717, 1.165) is 39.1 Å². The molecule has 6 nitrogen and oxygen atoms in total. The van der Waals surface area contributed by atoms with Crippen molar-refractivity contribution < 1.29 is 0 Å². The van der Waals surface area contributed by atoms with Crippen molar-refractivity contribution in [2.24, 2.45) is 0 Å². The van der Waals surface area contributed by atoms with Crippen molar-refractivity contribution in [3.63, 3.8) is 0 Å². The summed E-state index contributed by atoms with van der Waals surface area (Å²) in [6.45, 7) is 2.04. The molecule has 0 bridgehead atoms. The highest BCUT2D eigenvalue weighted by atomic mass is 35.5. The smallest absolute Gasteiger partial charge is 0.139 e. The Morgan fingerprint density at radius 2 is 1.81 bits per heavy atom. The van der Waals surface area contributed by atoms with E-state index < -0.39 is 0 Å². The molecule has 0 saturated carbocycles. The van der Waals surface area contributed by atoms with Gasteiger partial charge in [0.1, 0.15) is 23.1 Å². The number of halogens is 1. The van der Waals surface area contributed by atoms with Crippen LogP contribution in [-0.4, -0.2) is 27.0 Å². The van der Waals surface area contributed by atoms with Crippen LogP contribution in [0.2, 0.25) is 5.15 Å². The van der Waals surface area contributed by atoms with Crippen LogP contribution in [0.1, 0.15) is 5.56 Å². The zero-order chi connectivity index (χ0) is 18.8. The number of anilines is 3. The molecule has 134 valence electrons. The SMILES string of the molecule is CNc1cc(-c2cccnc2Nc2c(C)ccc3c(Cl)nccc23)ncn1. The fourth-order valence-electron chi connectivity index (χ4n) is 2.97. The largest absolute Gasteiger partial charge is 0.373 e. The summed E-state index contributed by atoms with van der Waals surface area (Å²) in [7, 11) is 1.83. The minimum atomic E-state index is 0.478. The van der Waals surface area contributed by atoms with Crippen molar-refractivity contribution in [1.82, 2.24) is 19.9 Å². The first kappa shape index (κ1) is 17.2. The summed E-state index contributed by atoms with van der Waals surface area (Å²) in [6, 6.07) is 11.7. The lowest BCUT2D eigenvalue weighted by molar-refractivity contribution is 1.16. The Balaban J connectivity index is 1.84. The van der Waals surface area contributed by atoms with Gasteiger partial charge in [-0.15, -0.1) is 0 Å². The third-order valence-corrected chi connectivity index (χ3v) is 4.66. The van der Waals surface area contributed by atoms with Gasteiger partial charge in [0.05, 0.1) is 11.4 Å². The van der Waals surface area contributed by atoms with E-state index in [1.54, 1.807) is 12.4 Å². The molecule has 2 N–H and O–H groups in total. The first-order chi connectivity index (χ1) is 13.2. The van der Waals surface area contributed by atoms with Gasteiger partial charge in [-0.2, -0.15) is 0 Å². The lowest BCUT2D eigenvalue weighted by Crippen LogP contribution is -2.01. The number of nitrogens with one attached hydrogen (secondary N) is 2. The molecule has 1 aromatic carbocycles. The molecule has 0 aliphatic carbocycles. The average molecular weight is 377 g/mol. The number of benzene rings is 1. The molecule has 0 saturated heterocycles. The highest BCUT2D eigenvalue weighted by Gasteiger charge is 2.13. The Morgan fingerprint density at radius 1 is 0.926 bits per heavy atom. The van der Waals surface area contributed by atoms with Gasteiger partial charge in [0.2, 0.25) is 0 Å². The molecule has 0 amide bonds. The minimum Gasteiger partial charge on any atom is -0.373 e. The van der Waals surface area contributed by atoms with E-state index in [-0.39, 0.29) is 0 Å². The standard InChI is InChI=1S/C20H17ClN6/c1-12-5-6-14-13(7-9-23-19(14)21)18(12)27-20-15(4-3-8-24-20)16-10-17(22-2)26-11-25-16/h3-11H,1-2H3,(H,24,27)(H,22,25,26). The molecular weight excluding hydrogens is 360 g/mol. The van der Waals surface area contributed by atoms with Crippen LogP contribution in [0.25, 0.3) is 22.0 Å². The van der Waals surface area contributed by atoms with E-state index in [2.05, 4.69) is 30.6 Å². The molecule has 4 aromatic rings. The molecule has 3 aromatic heterocycles. The van der Waals surface area contributed by atoms with E-state index in [1.165, 1.54) is 6.33 Å². The third-order valence-electron chi connectivity index (χ3n) is 4.36. The quantitative estimate of drug-likeness (QED) is 0.496. The first-order valence-corrected chi connectivity index (χ1v) is 8.81. The summed E-state index contributed by atoms with van der Waals surface area (Å²) in [4.78, 5) is 17.3. The first-order valence-electron chi connectivity index (χ1n) is 8.43. The number of pyridine rings is 2. The van der Waals surface area contributed by atoms with Crippen LogP contribution in [0.15, 0.2) is 55.1 Å². The lowest BCUT2D eigenvalue weighted by atomic mass is 10.1. The lowest BCUT2D eigenvalue weighted by Gasteiger charge is -2.15. The number of aryl methyl sites for hydroxylation is 1. The second kappa shape index (κ2) is 7.17. The predicted octanol–water partition coefficient (Wildman–Crippen LogP) is 4.83. The van der Waals surface area contributed by atoms with Crippen molar-refractivity contribution in [3.05, 3.63) is 65.8 Å². The molecule has 27 heavy (non-hydrogen) atoms.